The summed E-state index contributed by atoms with van der Waals surface area (Å²) in [7, 11) is 0. The second-order valence-corrected chi connectivity index (χ2v) is 7.35. The van der Waals surface area contributed by atoms with Crippen LogP contribution in [0.15, 0.2) is 0 Å². The third-order valence-electron chi connectivity index (χ3n) is 4.34. The standard InChI is InChI=1S/C15H27NO2S/c1-3-16-15(14(17)18-4-2)10-9-13(11-15)19-12-7-5-6-8-12/h12-13,16H,3-11H2,1-2H3. The van der Waals surface area contributed by atoms with Gasteiger partial charge in [0, 0.05) is 10.5 Å². The molecule has 0 amide bonds. The summed E-state index contributed by atoms with van der Waals surface area (Å²) in [5.74, 6) is -0.0358. The van der Waals surface area contributed by atoms with Gasteiger partial charge in [-0.2, -0.15) is 11.8 Å². The molecule has 0 bridgehead atoms. The van der Waals surface area contributed by atoms with E-state index in [1.807, 2.05) is 6.92 Å². The third-order valence-corrected chi connectivity index (χ3v) is 5.98. The topological polar surface area (TPSA) is 38.3 Å². The number of rotatable bonds is 6. The summed E-state index contributed by atoms with van der Waals surface area (Å²) in [5.41, 5.74) is -0.402. The first-order valence-corrected chi connectivity index (χ1v) is 8.72. The second-order valence-electron chi connectivity index (χ2n) is 5.74. The Balaban J connectivity index is 1.92. The molecular weight excluding hydrogens is 258 g/mol. The fourth-order valence-electron chi connectivity index (χ4n) is 3.44. The van der Waals surface area contributed by atoms with Crippen molar-refractivity contribution in [1.82, 2.24) is 5.32 Å². The van der Waals surface area contributed by atoms with Crippen LogP contribution in [0.5, 0.6) is 0 Å². The van der Waals surface area contributed by atoms with Gasteiger partial charge in [-0.05, 0) is 45.6 Å². The molecule has 2 saturated carbocycles. The van der Waals surface area contributed by atoms with Gasteiger partial charge in [0.2, 0.25) is 0 Å². The molecule has 0 heterocycles. The summed E-state index contributed by atoms with van der Waals surface area (Å²) in [6, 6.07) is 0. The molecule has 2 unspecified atom stereocenters. The lowest BCUT2D eigenvalue weighted by Crippen LogP contribution is -2.51. The van der Waals surface area contributed by atoms with Gasteiger partial charge in [0.1, 0.15) is 5.54 Å². The average Bonchev–Trinajstić information content (AvgIpc) is 3.02. The quantitative estimate of drug-likeness (QED) is 0.761. The van der Waals surface area contributed by atoms with Crippen LogP contribution in [0, 0.1) is 0 Å². The van der Waals surface area contributed by atoms with E-state index in [0.717, 1.165) is 31.1 Å². The molecular formula is C15H27NO2S. The number of nitrogens with one attached hydrogen (secondary N) is 1. The number of thioether (sulfide) groups is 1. The SMILES string of the molecule is CCNC1(C(=O)OCC)CCC(SC2CCCC2)C1. The van der Waals surface area contributed by atoms with Crippen LogP contribution < -0.4 is 5.32 Å². The molecule has 19 heavy (non-hydrogen) atoms. The third kappa shape index (κ3) is 3.66. The Morgan fingerprint density at radius 3 is 2.63 bits per heavy atom. The van der Waals surface area contributed by atoms with Gasteiger partial charge >= 0.3 is 5.97 Å². The molecule has 1 N–H and O–H groups in total. The predicted octanol–water partition coefficient (Wildman–Crippen LogP) is 3.13. The van der Waals surface area contributed by atoms with E-state index >= 15 is 0 Å². The normalized spacial score (nSPS) is 31.8. The lowest BCUT2D eigenvalue weighted by molar-refractivity contribution is -0.151. The largest absolute Gasteiger partial charge is 0.465 e. The van der Waals surface area contributed by atoms with E-state index in [1.54, 1.807) is 0 Å². The van der Waals surface area contributed by atoms with Crippen molar-refractivity contribution < 1.29 is 9.53 Å². The molecule has 0 aliphatic heterocycles. The number of ether oxygens (including phenoxy) is 1. The maximum absolute atomic E-state index is 12.2. The molecule has 0 aromatic rings. The Kier molecular flexibility index (Phi) is 5.58. The van der Waals surface area contributed by atoms with E-state index in [4.69, 9.17) is 4.74 Å². The summed E-state index contributed by atoms with van der Waals surface area (Å²) in [6.07, 6.45) is 8.54. The van der Waals surface area contributed by atoms with E-state index in [9.17, 15) is 4.79 Å². The highest BCUT2D eigenvalue weighted by molar-refractivity contribution is 8.00. The van der Waals surface area contributed by atoms with Crippen molar-refractivity contribution in [3.8, 4) is 0 Å². The molecule has 2 aliphatic rings. The highest BCUT2D eigenvalue weighted by Gasteiger charge is 2.46. The van der Waals surface area contributed by atoms with Crippen LogP contribution in [-0.4, -0.2) is 35.2 Å². The molecule has 0 aromatic carbocycles. The van der Waals surface area contributed by atoms with E-state index in [2.05, 4.69) is 24.0 Å². The van der Waals surface area contributed by atoms with Crippen LogP contribution in [0.25, 0.3) is 0 Å². The molecule has 0 radical (unpaired) electrons. The number of hydrogen-bond donors (Lipinski definition) is 1. The van der Waals surface area contributed by atoms with E-state index in [1.165, 1.54) is 25.7 Å². The molecule has 2 rings (SSSR count). The predicted molar refractivity (Wildman–Crippen MR) is 80.5 cm³/mol. The maximum atomic E-state index is 12.2. The summed E-state index contributed by atoms with van der Waals surface area (Å²) in [5, 5.41) is 4.88. The minimum Gasteiger partial charge on any atom is -0.465 e. The Morgan fingerprint density at radius 1 is 1.26 bits per heavy atom. The van der Waals surface area contributed by atoms with Gasteiger partial charge in [0.05, 0.1) is 6.61 Å². The van der Waals surface area contributed by atoms with Gasteiger partial charge in [-0.25, -0.2) is 0 Å². The van der Waals surface area contributed by atoms with Crippen LogP contribution >= 0.6 is 11.8 Å². The van der Waals surface area contributed by atoms with Gasteiger partial charge < -0.3 is 10.1 Å². The van der Waals surface area contributed by atoms with Crippen LogP contribution in [0.2, 0.25) is 0 Å². The fraction of sp³-hybridized carbons (Fsp3) is 0.933. The minimum absolute atomic E-state index is 0.0358. The molecule has 2 fully saturated rings. The van der Waals surface area contributed by atoms with Crippen molar-refractivity contribution in [3.63, 3.8) is 0 Å². The number of esters is 1. The number of carbonyl (C=O) groups is 1. The summed E-state index contributed by atoms with van der Waals surface area (Å²) < 4.78 is 5.29. The lowest BCUT2D eigenvalue weighted by Gasteiger charge is -2.28. The maximum Gasteiger partial charge on any atom is 0.326 e. The van der Waals surface area contributed by atoms with Crippen LogP contribution in [0.3, 0.4) is 0 Å². The molecule has 2 atom stereocenters. The molecule has 110 valence electrons. The zero-order valence-corrected chi connectivity index (χ0v) is 13.1. The number of likely N-dealkylation sites (N-methyl/N-ethyl adjacent to an activating group) is 1. The van der Waals surface area contributed by atoms with E-state index < -0.39 is 5.54 Å². The van der Waals surface area contributed by atoms with Crippen molar-refractivity contribution in [2.75, 3.05) is 13.2 Å². The van der Waals surface area contributed by atoms with Crippen molar-refractivity contribution in [2.24, 2.45) is 0 Å². The van der Waals surface area contributed by atoms with E-state index in [-0.39, 0.29) is 5.97 Å². The first-order chi connectivity index (χ1) is 9.20. The first-order valence-electron chi connectivity index (χ1n) is 7.78. The van der Waals surface area contributed by atoms with Gasteiger partial charge in [0.15, 0.2) is 0 Å². The van der Waals surface area contributed by atoms with E-state index in [0.29, 0.717) is 11.9 Å². The Labute approximate surface area is 121 Å². The van der Waals surface area contributed by atoms with Gasteiger partial charge in [-0.3, -0.25) is 4.79 Å². The summed E-state index contributed by atoms with van der Waals surface area (Å²) in [4.78, 5) is 12.2. The highest BCUT2D eigenvalue weighted by atomic mass is 32.2. The molecule has 0 saturated heterocycles. The van der Waals surface area contributed by atoms with Crippen molar-refractivity contribution >= 4 is 17.7 Å². The van der Waals surface area contributed by atoms with Crippen molar-refractivity contribution in [1.29, 1.82) is 0 Å². The van der Waals surface area contributed by atoms with Gasteiger partial charge in [0.25, 0.3) is 0 Å². The number of carbonyl (C=O) groups excluding carboxylic acids is 1. The van der Waals surface area contributed by atoms with Crippen LogP contribution in [0.1, 0.15) is 58.8 Å². The van der Waals surface area contributed by atoms with Crippen molar-refractivity contribution in [2.45, 2.75) is 74.8 Å². The van der Waals surface area contributed by atoms with Crippen LogP contribution in [0.4, 0.5) is 0 Å². The molecule has 2 aliphatic carbocycles. The Hall–Kier alpha value is -0.220. The zero-order chi connectivity index (χ0) is 13.7. The highest BCUT2D eigenvalue weighted by Crippen LogP contribution is 2.42. The van der Waals surface area contributed by atoms with Crippen molar-refractivity contribution in [3.05, 3.63) is 0 Å². The Bertz CT molecular complexity index is 305. The number of hydrogen-bond acceptors (Lipinski definition) is 4. The average molecular weight is 285 g/mol. The fourth-order valence-corrected chi connectivity index (χ4v) is 5.22. The smallest absolute Gasteiger partial charge is 0.326 e. The zero-order valence-electron chi connectivity index (χ0n) is 12.2. The molecule has 0 spiro atoms. The molecule has 0 aromatic heterocycles. The minimum atomic E-state index is -0.402. The molecule has 3 nitrogen and oxygen atoms in total. The second kappa shape index (κ2) is 6.98. The van der Waals surface area contributed by atoms with Gasteiger partial charge in [-0.1, -0.05) is 19.8 Å². The summed E-state index contributed by atoms with van der Waals surface area (Å²) in [6.45, 7) is 5.27. The van der Waals surface area contributed by atoms with Gasteiger partial charge in [-0.15, -0.1) is 0 Å². The monoisotopic (exact) mass is 285 g/mol. The van der Waals surface area contributed by atoms with Crippen LogP contribution in [-0.2, 0) is 9.53 Å². The lowest BCUT2D eigenvalue weighted by atomic mass is 9.98. The summed E-state index contributed by atoms with van der Waals surface area (Å²) >= 11 is 2.13. The Morgan fingerprint density at radius 2 is 2.00 bits per heavy atom. The first kappa shape index (κ1) is 15.2. The molecule has 4 heteroatoms.